The van der Waals surface area contributed by atoms with Gasteiger partial charge in [-0.15, -0.1) is 0 Å². The van der Waals surface area contributed by atoms with Gasteiger partial charge in [-0.05, 0) is 37.0 Å². The zero-order valence-corrected chi connectivity index (χ0v) is 18.1. The Bertz CT molecular complexity index is 1040. The largest absolute Gasteiger partial charge is 0.497 e. The summed E-state index contributed by atoms with van der Waals surface area (Å²) in [5, 5.41) is 2.97. The molecule has 0 bridgehead atoms. The van der Waals surface area contributed by atoms with Gasteiger partial charge in [-0.25, -0.2) is 0 Å². The minimum atomic E-state index is -0.0210. The molecule has 1 fully saturated rings. The van der Waals surface area contributed by atoms with Crippen LogP contribution in [0.2, 0.25) is 0 Å². The van der Waals surface area contributed by atoms with Crippen molar-refractivity contribution in [3.05, 3.63) is 53.9 Å². The number of carbonyl (C=O) groups is 2. The Morgan fingerprint density at radius 1 is 1.16 bits per heavy atom. The minimum absolute atomic E-state index is 0.0158. The summed E-state index contributed by atoms with van der Waals surface area (Å²) < 4.78 is 12.8. The van der Waals surface area contributed by atoms with Crippen molar-refractivity contribution in [2.75, 3.05) is 26.7 Å². The van der Waals surface area contributed by atoms with Crippen molar-refractivity contribution >= 4 is 22.9 Å². The Labute approximate surface area is 182 Å². The molecule has 0 radical (unpaired) electrons. The summed E-state index contributed by atoms with van der Waals surface area (Å²) in [6.07, 6.45) is 3.95. The molecule has 2 aromatic heterocycles. The number of amides is 2. The Hall–Kier alpha value is -3.22. The van der Waals surface area contributed by atoms with Gasteiger partial charge in [0.05, 0.1) is 18.9 Å². The lowest BCUT2D eigenvalue weighted by molar-refractivity contribution is -0.126. The molecular formula is C24H29N3O4. The first kappa shape index (κ1) is 21.0. The average molecular weight is 424 g/mol. The third-order valence-electron chi connectivity index (χ3n) is 5.94. The van der Waals surface area contributed by atoms with Crippen LogP contribution in [0.5, 0.6) is 5.75 Å². The maximum Gasteiger partial charge on any atom is 0.270 e. The van der Waals surface area contributed by atoms with Crippen LogP contribution in [0.4, 0.5) is 0 Å². The third kappa shape index (κ3) is 4.45. The van der Waals surface area contributed by atoms with E-state index in [0.717, 1.165) is 23.3 Å². The highest BCUT2D eigenvalue weighted by Gasteiger charge is 2.29. The van der Waals surface area contributed by atoms with Crippen molar-refractivity contribution in [3.8, 4) is 5.75 Å². The zero-order chi connectivity index (χ0) is 21.8. The second-order valence-electron chi connectivity index (χ2n) is 7.99. The Morgan fingerprint density at radius 3 is 2.58 bits per heavy atom. The average Bonchev–Trinajstić information content (AvgIpc) is 3.40. The Morgan fingerprint density at radius 2 is 1.90 bits per heavy atom. The second kappa shape index (κ2) is 9.29. The maximum atomic E-state index is 13.4. The number of hydrogen-bond donors (Lipinski definition) is 1. The first-order valence-corrected chi connectivity index (χ1v) is 10.9. The van der Waals surface area contributed by atoms with E-state index >= 15 is 0 Å². The van der Waals surface area contributed by atoms with Crippen LogP contribution in [0.1, 0.15) is 42.2 Å². The molecule has 1 N–H and O–H groups in total. The molecule has 1 aromatic carbocycles. The number of benzene rings is 1. The summed E-state index contributed by atoms with van der Waals surface area (Å²) in [6, 6.07) is 11.5. The molecule has 0 unspecified atom stereocenters. The maximum absolute atomic E-state index is 13.4. The first-order valence-electron chi connectivity index (χ1n) is 10.9. The first-order chi connectivity index (χ1) is 15.1. The SMILES string of the molecule is CCCNC(=O)C1CCN(C(=O)c2cc3occc3n2Cc2ccc(OC)cc2)CC1. The molecule has 1 saturated heterocycles. The molecule has 2 amide bonds. The van der Waals surface area contributed by atoms with Crippen molar-refractivity contribution in [3.63, 3.8) is 0 Å². The van der Waals surface area contributed by atoms with Gasteiger partial charge in [0.25, 0.3) is 5.91 Å². The highest BCUT2D eigenvalue weighted by molar-refractivity contribution is 5.97. The number of furan rings is 1. The van der Waals surface area contributed by atoms with E-state index < -0.39 is 0 Å². The predicted octanol–water partition coefficient (Wildman–Crippen LogP) is 3.67. The number of fused-ring (bicyclic) bond motifs is 1. The van der Waals surface area contributed by atoms with E-state index in [4.69, 9.17) is 9.15 Å². The molecule has 3 aromatic rings. The standard InChI is InChI=1S/C24H29N3O4/c1-3-11-25-23(28)18-8-12-26(13-9-18)24(29)21-15-22-20(10-14-31-22)27(21)16-17-4-6-19(30-2)7-5-17/h4-7,10,14-15,18H,3,8-9,11-13,16H2,1-2H3,(H,25,28). The molecule has 7 nitrogen and oxygen atoms in total. The van der Waals surface area contributed by atoms with Crippen molar-refractivity contribution in [1.82, 2.24) is 14.8 Å². The van der Waals surface area contributed by atoms with Crippen molar-refractivity contribution < 1.29 is 18.7 Å². The van der Waals surface area contributed by atoms with Crippen LogP contribution < -0.4 is 10.1 Å². The number of hydrogen-bond acceptors (Lipinski definition) is 4. The van der Waals surface area contributed by atoms with E-state index in [1.54, 1.807) is 13.4 Å². The van der Waals surface area contributed by atoms with Crippen molar-refractivity contribution in [2.45, 2.75) is 32.7 Å². The van der Waals surface area contributed by atoms with Crippen molar-refractivity contribution in [1.29, 1.82) is 0 Å². The van der Waals surface area contributed by atoms with Crippen LogP contribution in [-0.4, -0.2) is 48.0 Å². The minimum Gasteiger partial charge on any atom is -0.497 e. The molecule has 0 aliphatic carbocycles. The Kier molecular flexibility index (Phi) is 6.30. The van der Waals surface area contributed by atoms with Crippen LogP contribution in [-0.2, 0) is 11.3 Å². The number of likely N-dealkylation sites (tertiary alicyclic amines) is 1. The summed E-state index contributed by atoms with van der Waals surface area (Å²) in [5.41, 5.74) is 3.28. The lowest BCUT2D eigenvalue weighted by Gasteiger charge is -2.31. The van der Waals surface area contributed by atoms with Crippen LogP contribution in [0.15, 0.2) is 47.1 Å². The molecular weight excluding hydrogens is 394 g/mol. The lowest BCUT2D eigenvalue weighted by Crippen LogP contribution is -2.43. The summed E-state index contributed by atoms with van der Waals surface area (Å²) in [4.78, 5) is 27.5. The number of methoxy groups -OCH3 is 1. The van der Waals surface area contributed by atoms with Crippen LogP contribution in [0, 0.1) is 5.92 Å². The summed E-state index contributed by atoms with van der Waals surface area (Å²) in [5.74, 6) is 0.867. The van der Waals surface area contributed by atoms with Gasteiger partial charge in [-0.1, -0.05) is 19.1 Å². The summed E-state index contributed by atoms with van der Waals surface area (Å²) in [6.45, 7) is 4.47. The number of rotatable bonds is 7. The molecule has 0 atom stereocenters. The fraction of sp³-hybridized carbons (Fsp3) is 0.417. The summed E-state index contributed by atoms with van der Waals surface area (Å²) >= 11 is 0. The van der Waals surface area contributed by atoms with Gasteiger partial charge in [0.2, 0.25) is 5.91 Å². The lowest BCUT2D eigenvalue weighted by atomic mass is 9.95. The second-order valence-corrected chi connectivity index (χ2v) is 7.99. The number of aromatic nitrogens is 1. The van der Waals surface area contributed by atoms with Crippen LogP contribution in [0.3, 0.4) is 0 Å². The van der Waals surface area contributed by atoms with Gasteiger partial charge in [0.15, 0.2) is 5.58 Å². The molecule has 7 heteroatoms. The van der Waals surface area contributed by atoms with E-state index in [1.807, 2.05) is 52.8 Å². The van der Waals surface area contributed by atoms with Crippen molar-refractivity contribution in [2.24, 2.45) is 5.92 Å². The van der Waals surface area contributed by atoms with Gasteiger partial charge in [-0.3, -0.25) is 9.59 Å². The molecule has 1 aliphatic heterocycles. The smallest absolute Gasteiger partial charge is 0.270 e. The third-order valence-corrected chi connectivity index (χ3v) is 5.94. The van der Waals surface area contributed by atoms with E-state index in [0.29, 0.717) is 50.3 Å². The molecule has 0 saturated carbocycles. The number of piperidine rings is 1. The number of carbonyl (C=O) groups excluding carboxylic acids is 2. The normalized spacial score (nSPS) is 14.7. The van der Waals surface area contributed by atoms with Gasteiger partial charge in [0, 0.05) is 44.2 Å². The van der Waals surface area contributed by atoms with E-state index in [9.17, 15) is 9.59 Å². The molecule has 164 valence electrons. The molecule has 4 rings (SSSR count). The number of nitrogens with zero attached hydrogens (tertiary/aromatic N) is 2. The fourth-order valence-corrected chi connectivity index (χ4v) is 4.14. The monoisotopic (exact) mass is 423 g/mol. The number of nitrogens with one attached hydrogen (secondary N) is 1. The molecule has 3 heterocycles. The molecule has 0 spiro atoms. The predicted molar refractivity (Wildman–Crippen MR) is 118 cm³/mol. The van der Waals surface area contributed by atoms with E-state index in [2.05, 4.69) is 5.32 Å². The van der Waals surface area contributed by atoms with Gasteiger partial charge < -0.3 is 23.9 Å². The van der Waals surface area contributed by atoms with E-state index in [-0.39, 0.29) is 17.7 Å². The number of ether oxygens (including phenoxy) is 1. The zero-order valence-electron chi connectivity index (χ0n) is 18.1. The quantitative estimate of drug-likeness (QED) is 0.629. The highest BCUT2D eigenvalue weighted by atomic mass is 16.5. The summed E-state index contributed by atoms with van der Waals surface area (Å²) in [7, 11) is 1.64. The van der Waals surface area contributed by atoms with Gasteiger partial charge in [0.1, 0.15) is 11.4 Å². The van der Waals surface area contributed by atoms with Gasteiger partial charge >= 0.3 is 0 Å². The van der Waals surface area contributed by atoms with E-state index in [1.165, 1.54) is 0 Å². The van der Waals surface area contributed by atoms with Crippen LogP contribution in [0.25, 0.3) is 11.1 Å². The topological polar surface area (TPSA) is 76.7 Å². The molecule has 1 aliphatic rings. The highest BCUT2D eigenvalue weighted by Crippen LogP contribution is 2.26. The van der Waals surface area contributed by atoms with Crippen LogP contribution >= 0.6 is 0 Å². The Balaban J connectivity index is 1.50. The fourth-order valence-electron chi connectivity index (χ4n) is 4.14. The van der Waals surface area contributed by atoms with Gasteiger partial charge in [-0.2, -0.15) is 0 Å². The molecule has 31 heavy (non-hydrogen) atoms.